The summed E-state index contributed by atoms with van der Waals surface area (Å²) in [6.45, 7) is -0.238. The first-order valence-corrected chi connectivity index (χ1v) is 8.78. The number of rotatable bonds is 3. The lowest BCUT2D eigenvalue weighted by molar-refractivity contribution is -0.122. The van der Waals surface area contributed by atoms with Gasteiger partial charge in [0, 0.05) is 28.6 Å². The number of nitrogens with one attached hydrogen (secondary N) is 2. The molecule has 1 aromatic heterocycles. The molecule has 0 unspecified atom stereocenters. The lowest BCUT2D eigenvalue weighted by atomic mass is 9.99. The van der Waals surface area contributed by atoms with Crippen LogP contribution in [0.1, 0.15) is 5.56 Å². The van der Waals surface area contributed by atoms with Crippen LogP contribution in [0.5, 0.6) is 11.6 Å². The summed E-state index contributed by atoms with van der Waals surface area (Å²) in [6.07, 6.45) is 1.59. The van der Waals surface area contributed by atoms with Gasteiger partial charge in [0.1, 0.15) is 17.4 Å². The fraction of sp³-hybridized carbons (Fsp3) is 0.143. The molecule has 30 heavy (non-hydrogen) atoms. The molecule has 3 aromatic rings. The van der Waals surface area contributed by atoms with Crippen molar-refractivity contribution < 1.29 is 28.2 Å². The maximum Gasteiger partial charge on any atom is 0.323 e. The molecule has 1 atom stereocenters. The molecule has 0 aliphatic carbocycles. The number of amides is 3. The van der Waals surface area contributed by atoms with Gasteiger partial charge in [-0.2, -0.15) is 0 Å². The number of urea groups is 1. The van der Waals surface area contributed by atoms with Crippen LogP contribution in [0.2, 0.25) is 0 Å². The van der Waals surface area contributed by atoms with Crippen LogP contribution in [0.4, 0.5) is 13.6 Å². The molecule has 0 spiro atoms. The molecular formula is C21H15F2N3O4. The van der Waals surface area contributed by atoms with E-state index in [0.717, 1.165) is 12.1 Å². The largest absolute Gasteiger partial charge is 0.497 e. The summed E-state index contributed by atoms with van der Waals surface area (Å²) in [7, 11) is 1.49. The number of nitrogens with zero attached hydrogens (tertiary/aromatic N) is 1. The molecule has 0 bridgehead atoms. The monoisotopic (exact) mass is 411 g/mol. The SMILES string of the molecule is COc1ccc2cn(C[C@@]3(C#Cc4cc(F)cc(F)c4)NC(=O)NC3=O)c(O)c2c1. The van der Waals surface area contributed by atoms with Crippen LogP contribution >= 0.6 is 0 Å². The molecule has 2 heterocycles. The lowest BCUT2D eigenvalue weighted by Crippen LogP contribution is -2.49. The van der Waals surface area contributed by atoms with E-state index in [2.05, 4.69) is 22.5 Å². The number of imide groups is 1. The number of hydrogen-bond acceptors (Lipinski definition) is 4. The number of aromatic nitrogens is 1. The zero-order valence-corrected chi connectivity index (χ0v) is 15.6. The van der Waals surface area contributed by atoms with Crippen molar-refractivity contribution in [2.24, 2.45) is 0 Å². The number of aromatic hydroxyl groups is 1. The highest BCUT2D eigenvalue weighted by Crippen LogP contribution is 2.32. The third-order valence-corrected chi connectivity index (χ3v) is 4.70. The highest BCUT2D eigenvalue weighted by molar-refractivity contribution is 6.09. The lowest BCUT2D eigenvalue weighted by Gasteiger charge is -2.20. The first-order valence-electron chi connectivity index (χ1n) is 8.78. The van der Waals surface area contributed by atoms with Crippen LogP contribution in [-0.2, 0) is 11.3 Å². The molecule has 1 aliphatic rings. The van der Waals surface area contributed by atoms with Gasteiger partial charge in [-0.15, -0.1) is 0 Å². The third-order valence-electron chi connectivity index (χ3n) is 4.70. The predicted octanol–water partition coefficient (Wildman–Crippen LogP) is 2.26. The molecule has 1 fully saturated rings. The molecule has 3 N–H and O–H groups in total. The maximum atomic E-state index is 13.4. The normalized spacial score (nSPS) is 18.0. The molecule has 3 amide bonds. The second-order valence-corrected chi connectivity index (χ2v) is 6.76. The van der Waals surface area contributed by atoms with Gasteiger partial charge < -0.3 is 19.7 Å². The van der Waals surface area contributed by atoms with Gasteiger partial charge in [0.25, 0.3) is 5.91 Å². The highest BCUT2D eigenvalue weighted by Gasteiger charge is 2.46. The second kappa shape index (κ2) is 7.08. The van der Waals surface area contributed by atoms with E-state index in [9.17, 15) is 23.5 Å². The van der Waals surface area contributed by atoms with Crippen LogP contribution < -0.4 is 15.4 Å². The van der Waals surface area contributed by atoms with Crippen LogP contribution in [0.3, 0.4) is 0 Å². The van der Waals surface area contributed by atoms with Gasteiger partial charge >= 0.3 is 6.03 Å². The number of carbonyl (C=O) groups excluding carboxylic acids is 2. The average Bonchev–Trinajstić information content (AvgIpc) is 3.15. The Hall–Kier alpha value is -4.06. The number of hydrogen-bond donors (Lipinski definition) is 3. The molecule has 0 saturated carbocycles. The van der Waals surface area contributed by atoms with Gasteiger partial charge in [0.05, 0.1) is 13.7 Å². The Bertz CT molecular complexity index is 1240. The van der Waals surface area contributed by atoms with Gasteiger partial charge in [0.15, 0.2) is 5.88 Å². The molecule has 1 aliphatic heterocycles. The topological polar surface area (TPSA) is 92.6 Å². The summed E-state index contributed by atoms with van der Waals surface area (Å²) in [5.41, 5.74) is -1.76. The molecule has 152 valence electrons. The van der Waals surface area contributed by atoms with Crippen molar-refractivity contribution >= 4 is 22.7 Å². The minimum Gasteiger partial charge on any atom is -0.497 e. The molecule has 7 nitrogen and oxygen atoms in total. The quantitative estimate of drug-likeness (QED) is 0.455. The number of halogens is 2. The maximum absolute atomic E-state index is 13.4. The standard InChI is InChI=1S/C21H15F2N3O4/c1-30-16-3-2-13-10-26(18(27)17(13)9-16)11-21(19(28)24-20(29)25-21)5-4-12-6-14(22)8-15(23)7-12/h2-3,6-10,27H,11H2,1H3,(H2,24,25,28,29)/t21-/m1/s1. The Balaban J connectivity index is 1.77. The summed E-state index contributed by atoms with van der Waals surface area (Å²) in [5, 5.41) is 16.3. The predicted molar refractivity (Wildman–Crippen MR) is 103 cm³/mol. The van der Waals surface area contributed by atoms with Crippen molar-refractivity contribution in [1.82, 2.24) is 15.2 Å². The number of ether oxygens (including phenoxy) is 1. The van der Waals surface area contributed by atoms with Crippen molar-refractivity contribution in [3.63, 3.8) is 0 Å². The number of benzene rings is 2. The molecule has 9 heteroatoms. The van der Waals surface area contributed by atoms with Gasteiger partial charge in [-0.1, -0.05) is 11.8 Å². The number of fused-ring (bicyclic) bond motifs is 1. The Morgan fingerprint density at radius 2 is 1.90 bits per heavy atom. The zero-order valence-electron chi connectivity index (χ0n) is 15.6. The van der Waals surface area contributed by atoms with E-state index in [1.54, 1.807) is 24.4 Å². The molecule has 0 radical (unpaired) electrons. The summed E-state index contributed by atoms with van der Waals surface area (Å²) in [6, 6.07) is 7.01. The Morgan fingerprint density at radius 3 is 2.53 bits per heavy atom. The fourth-order valence-corrected chi connectivity index (χ4v) is 3.26. The first-order chi connectivity index (χ1) is 14.3. The van der Waals surface area contributed by atoms with Crippen molar-refractivity contribution in [3.05, 3.63) is 59.8 Å². The van der Waals surface area contributed by atoms with E-state index in [1.165, 1.54) is 11.7 Å². The van der Waals surface area contributed by atoms with Crippen LogP contribution in [0, 0.1) is 23.5 Å². The van der Waals surface area contributed by atoms with E-state index in [-0.39, 0.29) is 18.0 Å². The van der Waals surface area contributed by atoms with E-state index >= 15 is 0 Å². The summed E-state index contributed by atoms with van der Waals surface area (Å²) >= 11 is 0. The van der Waals surface area contributed by atoms with E-state index in [4.69, 9.17) is 4.74 Å². The van der Waals surface area contributed by atoms with Gasteiger partial charge in [-0.25, -0.2) is 13.6 Å². The molecule has 1 saturated heterocycles. The number of methoxy groups -OCH3 is 1. The van der Waals surface area contributed by atoms with Gasteiger partial charge in [-0.05, 0) is 30.3 Å². The second-order valence-electron chi connectivity index (χ2n) is 6.76. The summed E-state index contributed by atoms with van der Waals surface area (Å²) in [5.74, 6) is 3.12. The molecular weight excluding hydrogens is 396 g/mol. The highest BCUT2D eigenvalue weighted by atomic mass is 19.1. The van der Waals surface area contributed by atoms with E-state index < -0.39 is 29.1 Å². The van der Waals surface area contributed by atoms with Crippen molar-refractivity contribution in [1.29, 1.82) is 0 Å². The Labute approximate surface area is 169 Å². The Kier molecular flexibility index (Phi) is 4.54. The smallest absolute Gasteiger partial charge is 0.323 e. The Morgan fingerprint density at radius 1 is 1.17 bits per heavy atom. The summed E-state index contributed by atoms with van der Waals surface area (Å²) in [4.78, 5) is 24.3. The average molecular weight is 411 g/mol. The minimum atomic E-state index is -1.75. The molecule has 2 aromatic carbocycles. The van der Waals surface area contributed by atoms with Crippen LogP contribution in [0.25, 0.3) is 10.8 Å². The van der Waals surface area contributed by atoms with Gasteiger partial charge in [0.2, 0.25) is 5.54 Å². The van der Waals surface area contributed by atoms with Crippen LogP contribution in [-0.4, -0.2) is 34.3 Å². The van der Waals surface area contributed by atoms with E-state index in [0.29, 0.717) is 22.6 Å². The third kappa shape index (κ3) is 3.39. The van der Waals surface area contributed by atoms with E-state index in [1.807, 2.05) is 0 Å². The zero-order chi connectivity index (χ0) is 21.5. The van der Waals surface area contributed by atoms with Crippen molar-refractivity contribution in [3.8, 4) is 23.5 Å². The van der Waals surface area contributed by atoms with Crippen LogP contribution in [0.15, 0.2) is 42.6 Å². The number of carbonyl (C=O) groups is 2. The fourth-order valence-electron chi connectivity index (χ4n) is 3.26. The van der Waals surface area contributed by atoms with Gasteiger partial charge in [-0.3, -0.25) is 10.1 Å². The summed E-state index contributed by atoms with van der Waals surface area (Å²) < 4.78 is 33.4. The van der Waals surface area contributed by atoms with Crippen molar-refractivity contribution in [2.45, 2.75) is 12.1 Å². The minimum absolute atomic E-state index is 0.00699. The first kappa shape index (κ1) is 19.3. The molecule has 4 rings (SSSR count). The van der Waals surface area contributed by atoms with Crippen molar-refractivity contribution in [2.75, 3.05) is 7.11 Å².